The second kappa shape index (κ2) is 7.77. The van der Waals surface area contributed by atoms with E-state index in [0.717, 1.165) is 19.5 Å². The summed E-state index contributed by atoms with van der Waals surface area (Å²) in [5.41, 5.74) is 5.52. The van der Waals surface area contributed by atoms with Crippen molar-refractivity contribution >= 4 is 16.6 Å². The average Bonchev–Trinajstić information content (AvgIpc) is 2.99. The van der Waals surface area contributed by atoms with E-state index in [4.69, 9.17) is 0 Å². The van der Waals surface area contributed by atoms with E-state index in [1.54, 1.807) is 0 Å². The van der Waals surface area contributed by atoms with Crippen molar-refractivity contribution in [1.29, 1.82) is 0 Å². The zero-order chi connectivity index (χ0) is 18.8. The van der Waals surface area contributed by atoms with Crippen molar-refractivity contribution < 1.29 is 0 Å². The summed E-state index contributed by atoms with van der Waals surface area (Å²) in [6.07, 6.45) is 3.51. The molecule has 1 N–H and O–H groups in total. The van der Waals surface area contributed by atoms with Crippen molar-refractivity contribution in [1.82, 2.24) is 9.88 Å². The van der Waals surface area contributed by atoms with Gasteiger partial charge in [-0.2, -0.15) is 0 Å². The quantitative estimate of drug-likeness (QED) is 0.712. The molecule has 1 aliphatic rings. The molecule has 0 spiro atoms. The largest absolute Gasteiger partial charge is 0.368 e. The van der Waals surface area contributed by atoms with Crippen LogP contribution in [0.25, 0.3) is 10.9 Å². The summed E-state index contributed by atoms with van der Waals surface area (Å²) in [6, 6.07) is 20.9. The molecule has 0 radical (unpaired) electrons. The molecule has 1 fully saturated rings. The van der Waals surface area contributed by atoms with Crippen LogP contribution in [0.2, 0.25) is 0 Å². The molecule has 1 aliphatic heterocycles. The van der Waals surface area contributed by atoms with Crippen molar-refractivity contribution in [3.63, 3.8) is 0 Å². The molecular weight excluding hydrogens is 330 g/mol. The third-order valence-corrected chi connectivity index (χ3v) is 6.17. The molecule has 0 aliphatic carbocycles. The highest BCUT2D eigenvalue weighted by Gasteiger charge is 2.25. The summed E-state index contributed by atoms with van der Waals surface area (Å²) in [6.45, 7) is 6.77. The van der Waals surface area contributed by atoms with E-state index < -0.39 is 0 Å². The number of hydrogen-bond acceptors (Lipinski definition) is 2. The molecule has 4 rings (SSSR count). The number of para-hydroxylation sites is 2. The van der Waals surface area contributed by atoms with Crippen LogP contribution in [0.1, 0.15) is 31.0 Å². The van der Waals surface area contributed by atoms with E-state index in [1.807, 2.05) is 0 Å². The molecule has 2 aromatic carbocycles. The van der Waals surface area contributed by atoms with Crippen LogP contribution in [0.3, 0.4) is 0 Å². The van der Waals surface area contributed by atoms with E-state index >= 15 is 0 Å². The van der Waals surface area contributed by atoms with Gasteiger partial charge in [-0.3, -0.25) is 0 Å². The Balaban J connectivity index is 1.32. The van der Waals surface area contributed by atoms with Gasteiger partial charge in [0.15, 0.2) is 0 Å². The van der Waals surface area contributed by atoms with Gasteiger partial charge >= 0.3 is 0 Å². The van der Waals surface area contributed by atoms with Crippen LogP contribution in [-0.2, 0) is 13.5 Å². The number of fused-ring (bicyclic) bond motifs is 1. The number of nitrogens with one attached hydrogen (secondary N) is 1. The van der Waals surface area contributed by atoms with Gasteiger partial charge in [0.25, 0.3) is 0 Å². The fourth-order valence-electron chi connectivity index (χ4n) is 4.59. The Morgan fingerprint density at radius 1 is 1.07 bits per heavy atom. The topological polar surface area (TPSA) is 20.2 Å². The van der Waals surface area contributed by atoms with Gasteiger partial charge in [-0.1, -0.05) is 36.4 Å². The van der Waals surface area contributed by atoms with Crippen molar-refractivity contribution in [3.05, 3.63) is 65.9 Å². The van der Waals surface area contributed by atoms with E-state index in [0.29, 0.717) is 12.1 Å². The Hall–Kier alpha value is -2.26. The number of piperidine rings is 1. The van der Waals surface area contributed by atoms with Crippen molar-refractivity contribution in [2.24, 2.45) is 7.05 Å². The van der Waals surface area contributed by atoms with Gasteiger partial charge in [-0.15, -0.1) is 0 Å². The third-order valence-electron chi connectivity index (χ3n) is 6.17. The number of nitrogens with zero attached hydrogens (tertiary/aromatic N) is 2. The Kier molecular flexibility index (Phi) is 5.22. The maximum absolute atomic E-state index is 3.82. The molecule has 0 bridgehead atoms. The lowest BCUT2D eigenvalue weighted by molar-refractivity contribution is 0.369. The second-order valence-electron chi connectivity index (χ2n) is 8.01. The van der Waals surface area contributed by atoms with Gasteiger partial charge in [-0.05, 0) is 55.8 Å². The van der Waals surface area contributed by atoms with Crippen LogP contribution in [0.5, 0.6) is 0 Å². The monoisotopic (exact) mass is 361 g/mol. The lowest BCUT2D eigenvalue weighted by Crippen LogP contribution is -2.48. The molecule has 2 unspecified atom stereocenters. The molecule has 3 nitrogen and oxygen atoms in total. The number of anilines is 1. The van der Waals surface area contributed by atoms with Crippen molar-refractivity contribution in [3.8, 4) is 0 Å². The van der Waals surface area contributed by atoms with E-state index in [1.165, 1.54) is 40.7 Å². The van der Waals surface area contributed by atoms with E-state index in [9.17, 15) is 0 Å². The van der Waals surface area contributed by atoms with Crippen LogP contribution in [0, 0.1) is 6.92 Å². The molecule has 3 heteroatoms. The van der Waals surface area contributed by atoms with Gasteiger partial charge < -0.3 is 14.8 Å². The summed E-state index contributed by atoms with van der Waals surface area (Å²) in [4.78, 5) is 2.58. The Bertz CT molecular complexity index is 911. The van der Waals surface area contributed by atoms with Crippen LogP contribution < -0.4 is 10.2 Å². The lowest BCUT2D eigenvalue weighted by atomic mass is 9.96. The first-order valence-electron chi connectivity index (χ1n) is 10.2. The maximum atomic E-state index is 3.82. The summed E-state index contributed by atoms with van der Waals surface area (Å²) in [7, 11) is 2.18. The lowest BCUT2D eigenvalue weighted by Gasteiger charge is -2.40. The molecule has 0 saturated carbocycles. The van der Waals surface area contributed by atoms with Crippen molar-refractivity contribution in [2.75, 3.05) is 18.0 Å². The zero-order valence-electron chi connectivity index (χ0n) is 16.8. The highest BCUT2D eigenvalue weighted by atomic mass is 15.2. The molecule has 2 atom stereocenters. The third kappa shape index (κ3) is 3.74. The van der Waals surface area contributed by atoms with Gasteiger partial charge in [0.05, 0.1) is 0 Å². The Morgan fingerprint density at radius 2 is 1.85 bits per heavy atom. The summed E-state index contributed by atoms with van der Waals surface area (Å²) < 4.78 is 2.33. The average molecular weight is 362 g/mol. The molecule has 3 aromatic rings. The number of rotatable bonds is 5. The van der Waals surface area contributed by atoms with Crippen molar-refractivity contribution in [2.45, 2.75) is 45.2 Å². The summed E-state index contributed by atoms with van der Waals surface area (Å²) in [5.74, 6) is 0. The highest BCUT2D eigenvalue weighted by molar-refractivity contribution is 5.81. The fourth-order valence-corrected chi connectivity index (χ4v) is 4.59. The van der Waals surface area contributed by atoms with E-state index in [2.05, 4.69) is 90.3 Å². The summed E-state index contributed by atoms with van der Waals surface area (Å²) in [5, 5.41) is 5.16. The fraction of sp³-hybridized carbons (Fsp3) is 0.417. The smallest absolute Gasteiger partial charge is 0.0479 e. The predicted octanol–water partition coefficient (Wildman–Crippen LogP) is 4.68. The zero-order valence-corrected chi connectivity index (χ0v) is 16.8. The molecule has 1 saturated heterocycles. The number of aryl methyl sites for hydroxylation is 2. The first kappa shape index (κ1) is 18.1. The van der Waals surface area contributed by atoms with E-state index in [-0.39, 0.29) is 0 Å². The van der Waals surface area contributed by atoms with Crippen LogP contribution >= 0.6 is 0 Å². The Labute approximate surface area is 163 Å². The number of hydrogen-bond donors (Lipinski definition) is 1. The Morgan fingerprint density at radius 3 is 2.63 bits per heavy atom. The molecule has 0 amide bonds. The van der Waals surface area contributed by atoms with Gasteiger partial charge in [0.1, 0.15) is 0 Å². The minimum atomic E-state index is 0.579. The first-order chi connectivity index (χ1) is 13.1. The SMILES string of the molecule is Cc1ccccc1N1CCC(NCCc2cc3ccccc3n2C)CC1C. The molecule has 1 aromatic heterocycles. The maximum Gasteiger partial charge on any atom is 0.0479 e. The minimum Gasteiger partial charge on any atom is -0.368 e. The first-order valence-corrected chi connectivity index (χ1v) is 10.2. The second-order valence-corrected chi connectivity index (χ2v) is 8.01. The molecule has 142 valence electrons. The molecular formula is C24H31N3. The minimum absolute atomic E-state index is 0.579. The van der Waals surface area contributed by atoms with Crippen LogP contribution in [0.15, 0.2) is 54.6 Å². The molecule has 27 heavy (non-hydrogen) atoms. The van der Waals surface area contributed by atoms with Gasteiger partial charge in [-0.25, -0.2) is 0 Å². The molecule has 2 heterocycles. The van der Waals surface area contributed by atoms with Gasteiger partial charge in [0.2, 0.25) is 0 Å². The van der Waals surface area contributed by atoms with Crippen LogP contribution in [0.4, 0.5) is 5.69 Å². The van der Waals surface area contributed by atoms with Crippen LogP contribution in [-0.4, -0.2) is 29.7 Å². The normalized spacial score (nSPS) is 20.3. The standard InChI is InChI=1S/C24H31N3/c1-18-8-4-6-10-23(18)27-15-13-21(16-19(27)2)25-14-12-22-17-20-9-5-7-11-24(20)26(22)3/h4-11,17,19,21,25H,12-16H2,1-3H3. The number of aromatic nitrogens is 1. The summed E-state index contributed by atoms with van der Waals surface area (Å²) >= 11 is 0. The number of benzene rings is 2. The predicted molar refractivity (Wildman–Crippen MR) is 116 cm³/mol. The van der Waals surface area contributed by atoms with Gasteiger partial charge in [0, 0.05) is 55.5 Å². The highest BCUT2D eigenvalue weighted by Crippen LogP contribution is 2.27.